The minimum atomic E-state index is -0.417. The Kier molecular flexibility index (Phi) is 5.55. The molecule has 0 saturated carbocycles. The Morgan fingerprint density at radius 1 is 1.04 bits per heavy atom. The Morgan fingerprint density at radius 2 is 1.85 bits per heavy atom. The van der Waals surface area contributed by atoms with E-state index in [-0.39, 0.29) is 5.69 Å². The molecule has 132 valence electrons. The van der Waals surface area contributed by atoms with E-state index in [1.54, 1.807) is 25.3 Å². The van der Waals surface area contributed by atoms with Crippen LogP contribution in [0.25, 0.3) is 0 Å². The van der Waals surface area contributed by atoms with Crippen LogP contribution in [0.3, 0.4) is 0 Å². The highest BCUT2D eigenvalue weighted by Crippen LogP contribution is 2.27. The Hall–Kier alpha value is -2.83. The number of nitrogens with zero attached hydrogens (tertiary/aromatic N) is 2. The smallest absolute Gasteiger partial charge is 0.274 e. The molecule has 0 unspecified atom stereocenters. The van der Waals surface area contributed by atoms with Gasteiger partial charge < -0.3 is 15.4 Å². The molecule has 0 atom stereocenters. The van der Waals surface area contributed by atoms with Crippen molar-refractivity contribution < 1.29 is 9.53 Å². The zero-order valence-corrected chi connectivity index (χ0v) is 15.2. The number of halogens is 2. The first kappa shape index (κ1) is 18.0. The highest BCUT2D eigenvalue weighted by Gasteiger charge is 2.12. The van der Waals surface area contributed by atoms with Crippen LogP contribution in [0.5, 0.6) is 5.75 Å². The quantitative estimate of drug-likeness (QED) is 0.656. The second kappa shape index (κ2) is 8.03. The molecule has 1 aromatic heterocycles. The molecule has 3 aromatic rings. The van der Waals surface area contributed by atoms with Crippen molar-refractivity contribution in [3.8, 4) is 5.75 Å². The van der Waals surface area contributed by atoms with Gasteiger partial charge in [-0.25, -0.2) is 9.97 Å². The van der Waals surface area contributed by atoms with Gasteiger partial charge in [0.25, 0.3) is 5.91 Å². The molecule has 0 aliphatic rings. The lowest BCUT2D eigenvalue weighted by Crippen LogP contribution is -2.14. The Balaban J connectivity index is 1.79. The molecule has 0 saturated heterocycles. The summed E-state index contributed by atoms with van der Waals surface area (Å²) >= 11 is 11.9. The third kappa shape index (κ3) is 4.22. The largest absolute Gasteiger partial charge is 0.495 e. The van der Waals surface area contributed by atoms with Gasteiger partial charge in [-0.1, -0.05) is 35.3 Å². The third-order valence-corrected chi connectivity index (χ3v) is 4.00. The number of carbonyl (C=O) groups excluding carboxylic acids is 1. The Labute approximate surface area is 160 Å². The van der Waals surface area contributed by atoms with Gasteiger partial charge in [0.2, 0.25) is 0 Å². The Bertz CT molecular complexity index is 950. The van der Waals surface area contributed by atoms with Gasteiger partial charge in [0.1, 0.15) is 23.6 Å². The number of methoxy groups -OCH3 is 1. The van der Waals surface area contributed by atoms with E-state index in [0.717, 1.165) is 5.69 Å². The predicted octanol–water partition coefficient (Wildman–Crippen LogP) is 4.79. The molecule has 1 amide bonds. The summed E-state index contributed by atoms with van der Waals surface area (Å²) in [4.78, 5) is 20.6. The summed E-state index contributed by atoms with van der Waals surface area (Å²) in [7, 11) is 1.58. The van der Waals surface area contributed by atoms with Crippen LogP contribution in [-0.4, -0.2) is 23.0 Å². The fourth-order valence-electron chi connectivity index (χ4n) is 2.21. The molecule has 1 heterocycles. The first-order valence-electron chi connectivity index (χ1n) is 7.55. The molecular weight excluding hydrogens is 375 g/mol. The molecule has 0 fully saturated rings. The maximum Gasteiger partial charge on any atom is 0.274 e. The van der Waals surface area contributed by atoms with Crippen LogP contribution in [0.2, 0.25) is 10.0 Å². The second-order valence-corrected chi connectivity index (χ2v) is 6.04. The van der Waals surface area contributed by atoms with Gasteiger partial charge in [-0.15, -0.1) is 0 Å². The van der Waals surface area contributed by atoms with Crippen molar-refractivity contribution in [2.75, 3.05) is 17.7 Å². The normalized spacial score (nSPS) is 10.3. The van der Waals surface area contributed by atoms with Crippen molar-refractivity contribution in [3.05, 3.63) is 70.6 Å². The standard InChI is InChI=1S/C18H14Cl2N4O2/c1-26-16-5-3-2-4-14(16)23-17-9-15(21-10-22-17)18(25)24-13-7-6-11(19)8-12(13)20/h2-10H,1H3,(H,24,25)(H,21,22,23). The van der Waals surface area contributed by atoms with Crippen LogP contribution in [-0.2, 0) is 0 Å². The summed E-state index contributed by atoms with van der Waals surface area (Å²) in [6, 6.07) is 13.7. The number of rotatable bonds is 5. The minimum Gasteiger partial charge on any atom is -0.495 e. The minimum absolute atomic E-state index is 0.184. The summed E-state index contributed by atoms with van der Waals surface area (Å²) < 4.78 is 5.29. The van der Waals surface area contributed by atoms with E-state index in [1.165, 1.54) is 12.4 Å². The number of aromatic nitrogens is 2. The van der Waals surface area contributed by atoms with Crippen LogP contribution < -0.4 is 15.4 Å². The van der Waals surface area contributed by atoms with E-state index < -0.39 is 5.91 Å². The molecular formula is C18H14Cl2N4O2. The zero-order chi connectivity index (χ0) is 18.5. The van der Waals surface area contributed by atoms with Crippen molar-refractivity contribution in [3.63, 3.8) is 0 Å². The van der Waals surface area contributed by atoms with Crippen LogP contribution >= 0.6 is 23.2 Å². The van der Waals surface area contributed by atoms with Gasteiger partial charge in [-0.05, 0) is 30.3 Å². The first-order valence-corrected chi connectivity index (χ1v) is 8.31. The van der Waals surface area contributed by atoms with E-state index >= 15 is 0 Å². The fraction of sp³-hybridized carbons (Fsp3) is 0.0556. The van der Waals surface area contributed by atoms with E-state index in [0.29, 0.717) is 27.3 Å². The van der Waals surface area contributed by atoms with E-state index in [9.17, 15) is 4.79 Å². The lowest BCUT2D eigenvalue weighted by molar-refractivity contribution is 0.102. The maximum atomic E-state index is 12.4. The van der Waals surface area contributed by atoms with Gasteiger partial charge in [0.05, 0.1) is 23.5 Å². The summed E-state index contributed by atoms with van der Waals surface area (Å²) in [6.07, 6.45) is 1.30. The second-order valence-electron chi connectivity index (χ2n) is 5.19. The Morgan fingerprint density at radius 3 is 2.62 bits per heavy atom. The van der Waals surface area contributed by atoms with Gasteiger partial charge in [-0.3, -0.25) is 4.79 Å². The lowest BCUT2D eigenvalue weighted by Gasteiger charge is -2.11. The number of nitrogens with one attached hydrogen (secondary N) is 2. The SMILES string of the molecule is COc1ccccc1Nc1cc(C(=O)Nc2ccc(Cl)cc2Cl)ncn1. The molecule has 0 radical (unpaired) electrons. The van der Waals surface area contributed by atoms with Crippen LogP contribution in [0, 0.1) is 0 Å². The molecule has 8 heteroatoms. The molecule has 2 aromatic carbocycles. The molecule has 0 aliphatic carbocycles. The van der Waals surface area contributed by atoms with Crippen molar-refractivity contribution in [2.45, 2.75) is 0 Å². The van der Waals surface area contributed by atoms with E-state index in [1.807, 2.05) is 24.3 Å². The van der Waals surface area contributed by atoms with E-state index in [2.05, 4.69) is 20.6 Å². The van der Waals surface area contributed by atoms with Crippen molar-refractivity contribution in [2.24, 2.45) is 0 Å². The van der Waals surface area contributed by atoms with Gasteiger partial charge >= 0.3 is 0 Å². The number of hydrogen-bond acceptors (Lipinski definition) is 5. The monoisotopic (exact) mass is 388 g/mol. The third-order valence-electron chi connectivity index (χ3n) is 3.45. The van der Waals surface area contributed by atoms with Crippen molar-refractivity contribution in [1.29, 1.82) is 0 Å². The first-order chi connectivity index (χ1) is 12.6. The highest BCUT2D eigenvalue weighted by atomic mass is 35.5. The van der Waals surface area contributed by atoms with Crippen LogP contribution in [0.1, 0.15) is 10.5 Å². The topological polar surface area (TPSA) is 76.1 Å². The van der Waals surface area contributed by atoms with Gasteiger partial charge in [0.15, 0.2) is 0 Å². The summed E-state index contributed by atoms with van der Waals surface area (Å²) in [6.45, 7) is 0. The number of benzene rings is 2. The van der Waals surface area contributed by atoms with Crippen molar-refractivity contribution >= 4 is 46.3 Å². The van der Waals surface area contributed by atoms with E-state index in [4.69, 9.17) is 27.9 Å². The maximum absolute atomic E-state index is 12.4. The fourth-order valence-corrected chi connectivity index (χ4v) is 2.67. The molecule has 0 aliphatic heterocycles. The molecule has 26 heavy (non-hydrogen) atoms. The van der Waals surface area contributed by atoms with Gasteiger partial charge in [-0.2, -0.15) is 0 Å². The van der Waals surface area contributed by atoms with Crippen molar-refractivity contribution in [1.82, 2.24) is 9.97 Å². The molecule has 3 rings (SSSR count). The average Bonchev–Trinajstić information content (AvgIpc) is 2.64. The molecule has 0 spiro atoms. The number of anilines is 3. The number of para-hydroxylation sites is 2. The van der Waals surface area contributed by atoms with Crippen LogP contribution in [0.4, 0.5) is 17.2 Å². The number of amides is 1. The highest BCUT2D eigenvalue weighted by molar-refractivity contribution is 6.36. The molecule has 0 bridgehead atoms. The van der Waals surface area contributed by atoms with Crippen LogP contribution in [0.15, 0.2) is 54.9 Å². The summed E-state index contributed by atoms with van der Waals surface area (Å²) in [5.41, 5.74) is 1.35. The predicted molar refractivity (Wildman–Crippen MR) is 103 cm³/mol. The number of hydrogen-bond donors (Lipinski definition) is 2. The van der Waals surface area contributed by atoms with Gasteiger partial charge in [0, 0.05) is 11.1 Å². The lowest BCUT2D eigenvalue weighted by atomic mass is 10.2. The average molecular weight is 389 g/mol. The summed E-state index contributed by atoms with van der Waals surface area (Å²) in [5, 5.41) is 6.62. The summed E-state index contributed by atoms with van der Waals surface area (Å²) in [5.74, 6) is 0.696. The molecule has 2 N–H and O–H groups in total. The molecule has 6 nitrogen and oxygen atoms in total. The number of carbonyl (C=O) groups is 1. The number of ether oxygens (including phenoxy) is 1. The zero-order valence-electron chi connectivity index (χ0n) is 13.7.